The summed E-state index contributed by atoms with van der Waals surface area (Å²) in [4.78, 5) is 62.3. The lowest BCUT2D eigenvalue weighted by atomic mass is 10.0. The van der Waals surface area contributed by atoms with Crippen LogP contribution in [-0.2, 0) is 30.6 Å². The molecule has 5 heterocycles. The molecule has 0 saturated carbocycles. The molecule has 4 N–H and O–H groups in total. The molecule has 4 amide bonds. The molecule has 62 heavy (non-hydrogen) atoms. The number of amides is 4. The van der Waals surface area contributed by atoms with Crippen LogP contribution in [-0.4, -0.2) is 84.1 Å². The van der Waals surface area contributed by atoms with Gasteiger partial charge in [-0.2, -0.15) is 0 Å². The van der Waals surface area contributed by atoms with Crippen molar-refractivity contribution >= 4 is 77.6 Å². The number of sulfone groups is 1. The van der Waals surface area contributed by atoms with E-state index in [1.54, 1.807) is 32.9 Å². The minimum Gasteiger partial charge on any atom is -0.371 e. The predicted octanol–water partition coefficient (Wildman–Crippen LogP) is 6.34. The second kappa shape index (κ2) is 18.2. The number of hydrogen-bond acceptors (Lipinski definition) is 11. The van der Waals surface area contributed by atoms with Gasteiger partial charge in [0.2, 0.25) is 17.7 Å². The quantitative estimate of drug-likeness (QED) is 0.0712. The van der Waals surface area contributed by atoms with Gasteiger partial charge in [-0.15, -0.1) is 11.3 Å². The Hall–Kier alpha value is -5.97. The number of imide groups is 1. The smallest absolute Gasteiger partial charge is 0.251 e. The van der Waals surface area contributed by atoms with Crippen LogP contribution in [0.1, 0.15) is 73.5 Å². The monoisotopic (exact) mass is 874 g/mol. The Morgan fingerprint density at radius 1 is 0.984 bits per heavy atom. The van der Waals surface area contributed by atoms with E-state index < -0.39 is 32.9 Å². The number of thiazole rings is 1. The Kier molecular flexibility index (Phi) is 12.5. The number of carbonyl (C=O) groups excluding carboxylic acids is 4. The average molecular weight is 875 g/mol. The lowest BCUT2D eigenvalue weighted by Crippen LogP contribution is -2.42. The molecule has 1 atom stereocenters. The number of benzene rings is 3. The zero-order valence-corrected chi connectivity index (χ0v) is 36.6. The Morgan fingerprint density at radius 2 is 1.79 bits per heavy atom. The lowest BCUT2D eigenvalue weighted by molar-refractivity contribution is -0.135. The normalized spacial score (nSPS) is 16.3. The zero-order chi connectivity index (χ0) is 43.5. The van der Waals surface area contributed by atoms with Gasteiger partial charge in [-0.05, 0) is 107 Å². The summed E-state index contributed by atoms with van der Waals surface area (Å²) in [7, 11) is -3.58. The molecule has 3 aromatic carbocycles. The van der Waals surface area contributed by atoms with Crippen molar-refractivity contribution in [2.75, 3.05) is 36.4 Å². The highest BCUT2D eigenvalue weighted by Gasteiger charge is 2.31. The van der Waals surface area contributed by atoms with Crippen LogP contribution in [0, 0.1) is 6.92 Å². The molecule has 322 valence electrons. The first-order chi connectivity index (χ1) is 29.9. The fourth-order valence-corrected chi connectivity index (χ4v) is 10.5. The number of hydrogen-bond donors (Lipinski definition) is 4. The maximum Gasteiger partial charge on any atom is 0.251 e. The third-order valence-corrected chi connectivity index (χ3v) is 14.8. The highest BCUT2D eigenvalue weighted by atomic mass is 32.2. The maximum absolute atomic E-state index is 12.9. The van der Waals surface area contributed by atoms with Crippen LogP contribution in [0.4, 0.5) is 10.8 Å². The van der Waals surface area contributed by atoms with Crippen LogP contribution in [0.15, 0.2) is 89.3 Å². The topological polar surface area (TPSA) is 184 Å². The number of nitrogens with one attached hydrogen (secondary N) is 4. The first-order valence-electron chi connectivity index (χ1n) is 21.0. The predicted molar refractivity (Wildman–Crippen MR) is 242 cm³/mol. The van der Waals surface area contributed by atoms with Crippen LogP contribution < -0.4 is 26.2 Å². The fourth-order valence-electron chi connectivity index (χ4n) is 8.41. The number of aryl methyl sites for hydroxylation is 2. The highest BCUT2D eigenvalue weighted by molar-refractivity contribution is 7.92. The Labute approximate surface area is 364 Å². The van der Waals surface area contributed by atoms with E-state index in [1.807, 2.05) is 46.5 Å². The molecule has 16 heteroatoms. The third kappa shape index (κ3) is 8.99. The van der Waals surface area contributed by atoms with E-state index in [4.69, 9.17) is 4.98 Å². The summed E-state index contributed by atoms with van der Waals surface area (Å²) in [5.74, 6) is -1.51. The van der Waals surface area contributed by atoms with Crippen LogP contribution in [0.3, 0.4) is 0 Å². The molecule has 3 aromatic heterocycles. The third-order valence-electron chi connectivity index (χ3n) is 11.8. The van der Waals surface area contributed by atoms with E-state index in [0.717, 1.165) is 84.2 Å². The second-order valence-electron chi connectivity index (χ2n) is 16.2. The minimum absolute atomic E-state index is 0.106. The van der Waals surface area contributed by atoms with E-state index in [0.29, 0.717) is 29.6 Å². The van der Waals surface area contributed by atoms with E-state index in [2.05, 4.69) is 55.4 Å². The number of fused-ring (bicyclic) bond motifs is 3. The van der Waals surface area contributed by atoms with Crippen molar-refractivity contribution in [3.63, 3.8) is 0 Å². The van der Waals surface area contributed by atoms with Gasteiger partial charge in [0.1, 0.15) is 11.7 Å². The molecule has 2 fully saturated rings. The average Bonchev–Trinajstić information content (AvgIpc) is 3.87. The Bertz CT molecular complexity index is 2790. The molecule has 8 rings (SSSR count). The summed E-state index contributed by atoms with van der Waals surface area (Å²) in [5, 5.41) is 15.4. The standard InChI is InChI=1S/C46H50N8O6S2/c1-28(2)62(59,60)39-25-32(14-13-29(39)3)44(57)49-26-41(56)52-46-50-36(27-61-46)31-8-6-10-34(24-31)53-22-18-33(19-23-53)47-20-7-9-30-17-21-48-43-42(30)35-11-4-5-12-37(35)54(43)38-15-16-40(55)51-45(38)58/h4-6,8,10-14,17,21,24-25,27-28,33,38,47H,7,9,15-16,18-20,22-23,26H2,1-3H3,(H,49,57)(H,50,52,56)(H,51,55,58). The first kappa shape index (κ1) is 42.7. The minimum atomic E-state index is -3.58. The summed E-state index contributed by atoms with van der Waals surface area (Å²) < 4.78 is 27.5. The van der Waals surface area contributed by atoms with Crippen molar-refractivity contribution in [3.05, 3.63) is 101 Å². The van der Waals surface area contributed by atoms with E-state index in [9.17, 15) is 27.6 Å². The van der Waals surface area contributed by atoms with Crippen molar-refractivity contribution < 1.29 is 27.6 Å². The van der Waals surface area contributed by atoms with Crippen LogP contribution in [0.25, 0.3) is 33.2 Å². The second-order valence-corrected chi connectivity index (χ2v) is 19.6. The molecular formula is C46H50N8O6S2. The number of rotatable bonds is 14. The maximum atomic E-state index is 12.9. The van der Waals surface area contributed by atoms with Crippen LogP contribution in [0.5, 0.6) is 0 Å². The van der Waals surface area contributed by atoms with E-state index >= 15 is 0 Å². The summed E-state index contributed by atoms with van der Waals surface area (Å²) in [5.41, 5.74) is 6.43. The van der Waals surface area contributed by atoms with Gasteiger partial charge in [-0.1, -0.05) is 36.4 Å². The summed E-state index contributed by atoms with van der Waals surface area (Å²) >= 11 is 1.30. The van der Waals surface area contributed by atoms with Gasteiger partial charge in [0.15, 0.2) is 15.0 Å². The van der Waals surface area contributed by atoms with Crippen molar-refractivity contribution in [1.82, 2.24) is 30.5 Å². The van der Waals surface area contributed by atoms with E-state index in [1.165, 1.54) is 23.0 Å². The van der Waals surface area contributed by atoms with Gasteiger partial charge >= 0.3 is 0 Å². The van der Waals surface area contributed by atoms with Crippen molar-refractivity contribution in [2.24, 2.45) is 0 Å². The highest BCUT2D eigenvalue weighted by Crippen LogP contribution is 2.36. The molecule has 0 spiro atoms. The van der Waals surface area contributed by atoms with Crippen molar-refractivity contribution in [2.45, 2.75) is 81.5 Å². The number of nitrogens with zero attached hydrogens (tertiary/aromatic N) is 4. The summed E-state index contributed by atoms with van der Waals surface area (Å²) in [6.45, 7) is 7.27. The SMILES string of the molecule is Cc1ccc(C(=O)NCC(=O)Nc2nc(-c3cccc(N4CCC(NCCCc5ccnc6c5c5ccccc5n6C5CCC(=O)NC5=O)CC4)c3)cs2)cc1S(=O)(=O)C(C)C. The van der Waals surface area contributed by atoms with Gasteiger partial charge in [-0.25, -0.2) is 18.4 Å². The molecule has 6 aromatic rings. The van der Waals surface area contributed by atoms with Gasteiger partial charge < -0.3 is 25.4 Å². The number of aromatic nitrogens is 3. The number of pyridine rings is 1. The number of anilines is 2. The molecule has 0 aliphatic carbocycles. The molecule has 2 aliphatic rings. The molecule has 0 radical (unpaired) electrons. The van der Waals surface area contributed by atoms with Crippen LogP contribution >= 0.6 is 11.3 Å². The first-order valence-corrected chi connectivity index (χ1v) is 23.5. The summed E-state index contributed by atoms with van der Waals surface area (Å²) in [6, 6.07) is 22.8. The molecule has 1 unspecified atom stereocenters. The summed E-state index contributed by atoms with van der Waals surface area (Å²) in [6.07, 6.45) is 6.41. The molecular weight excluding hydrogens is 825 g/mol. The zero-order valence-electron chi connectivity index (χ0n) is 34.9. The van der Waals surface area contributed by atoms with E-state index in [-0.39, 0.29) is 28.8 Å². The largest absolute Gasteiger partial charge is 0.371 e. The van der Waals surface area contributed by atoms with Gasteiger partial charge in [0.25, 0.3) is 5.91 Å². The number of piperidine rings is 2. The molecule has 2 aliphatic heterocycles. The van der Waals surface area contributed by atoms with Gasteiger partial charge in [0.05, 0.1) is 27.9 Å². The molecule has 2 saturated heterocycles. The van der Waals surface area contributed by atoms with Crippen molar-refractivity contribution in [1.29, 1.82) is 0 Å². The number of para-hydroxylation sites is 1. The fraction of sp³-hybridized carbons (Fsp3) is 0.348. The van der Waals surface area contributed by atoms with Gasteiger partial charge in [-0.3, -0.25) is 24.5 Å². The van der Waals surface area contributed by atoms with Gasteiger partial charge in [0, 0.05) is 64.7 Å². The Balaban J connectivity index is 0.814. The molecule has 14 nitrogen and oxygen atoms in total. The lowest BCUT2D eigenvalue weighted by Gasteiger charge is -2.34. The number of carbonyl (C=O) groups is 4. The van der Waals surface area contributed by atoms with Crippen LogP contribution in [0.2, 0.25) is 0 Å². The Morgan fingerprint density at radius 3 is 2.58 bits per heavy atom. The van der Waals surface area contributed by atoms with Crippen molar-refractivity contribution in [3.8, 4) is 11.3 Å². The molecule has 0 bridgehead atoms.